The van der Waals surface area contributed by atoms with Gasteiger partial charge in [-0.3, -0.25) is 0 Å². The maximum absolute atomic E-state index is 5.14. The van der Waals surface area contributed by atoms with Gasteiger partial charge in [-0.1, -0.05) is 0 Å². The fraction of sp³-hybridized carbons (Fsp3) is 0.538. The summed E-state index contributed by atoms with van der Waals surface area (Å²) in [7, 11) is 1.70. The summed E-state index contributed by atoms with van der Waals surface area (Å²) in [5.74, 6) is 2.99. The number of ether oxygens (including phenoxy) is 1. The molecule has 3 heteroatoms. The van der Waals surface area contributed by atoms with Gasteiger partial charge in [0, 0.05) is 10.6 Å². The zero-order valence-corrected chi connectivity index (χ0v) is 10.6. The van der Waals surface area contributed by atoms with E-state index in [1.54, 1.807) is 7.11 Å². The zero-order valence-electron chi connectivity index (χ0n) is 9.74. The lowest BCUT2D eigenvalue weighted by Crippen LogP contribution is -2.30. The van der Waals surface area contributed by atoms with E-state index >= 15 is 0 Å². The smallest absolute Gasteiger partial charge is 0.118 e. The minimum atomic E-state index is 0.834. The van der Waals surface area contributed by atoms with Crippen LogP contribution in [-0.2, 0) is 0 Å². The van der Waals surface area contributed by atoms with Crippen LogP contribution in [0.1, 0.15) is 12.8 Å². The van der Waals surface area contributed by atoms with Gasteiger partial charge in [-0.25, -0.2) is 0 Å². The molecule has 1 fully saturated rings. The van der Waals surface area contributed by atoms with E-state index in [1.165, 1.54) is 36.6 Å². The van der Waals surface area contributed by atoms with Crippen molar-refractivity contribution in [1.82, 2.24) is 5.32 Å². The summed E-state index contributed by atoms with van der Waals surface area (Å²) in [6.45, 7) is 2.38. The van der Waals surface area contributed by atoms with Crippen molar-refractivity contribution < 1.29 is 4.74 Å². The Hall–Kier alpha value is -0.670. The Labute approximate surface area is 102 Å². The average molecular weight is 237 g/mol. The second kappa shape index (κ2) is 6.16. The lowest BCUT2D eigenvalue weighted by molar-refractivity contribution is 0.410. The van der Waals surface area contributed by atoms with E-state index in [-0.39, 0.29) is 0 Å². The Morgan fingerprint density at radius 3 is 2.81 bits per heavy atom. The van der Waals surface area contributed by atoms with E-state index in [9.17, 15) is 0 Å². The quantitative estimate of drug-likeness (QED) is 0.814. The SMILES string of the molecule is COc1ccc(SCC2CCCNC2)cc1. The van der Waals surface area contributed by atoms with Crippen molar-refractivity contribution in [2.75, 3.05) is 26.0 Å². The lowest BCUT2D eigenvalue weighted by Gasteiger charge is -2.22. The monoisotopic (exact) mass is 237 g/mol. The van der Waals surface area contributed by atoms with E-state index in [1.807, 2.05) is 23.9 Å². The highest BCUT2D eigenvalue weighted by molar-refractivity contribution is 7.99. The second-order valence-electron chi connectivity index (χ2n) is 4.20. The standard InChI is InChI=1S/C13H19NOS/c1-15-12-4-6-13(7-5-12)16-10-11-3-2-8-14-9-11/h4-7,11,14H,2-3,8-10H2,1H3. The first-order valence-corrected chi connectivity index (χ1v) is 6.84. The molecule has 1 atom stereocenters. The maximum Gasteiger partial charge on any atom is 0.118 e. The summed E-state index contributed by atoms with van der Waals surface area (Å²) in [5, 5.41) is 3.46. The lowest BCUT2D eigenvalue weighted by atomic mass is 10.0. The minimum absolute atomic E-state index is 0.834. The van der Waals surface area contributed by atoms with Crippen LogP contribution in [0, 0.1) is 5.92 Å². The molecule has 0 spiro atoms. The second-order valence-corrected chi connectivity index (χ2v) is 5.29. The molecular weight excluding hydrogens is 218 g/mol. The van der Waals surface area contributed by atoms with Gasteiger partial charge in [0.25, 0.3) is 0 Å². The van der Waals surface area contributed by atoms with E-state index in [4.69, 9.17) is 4.74 Å². The van der Waals surface area contributed by atoms with Crippen molar-refractivity contribution in [1.29, 1.82) is 0 Å². The number of benzene rings is 1. The first-order valence-electron chi connectivity index (χ1n) is 5.86. The molecule has 2 nitrogen and oxygen atoms in total. The highest BCUT2D eigenvalue weighted by Crippen LogP contribution is 2.25. The highest BCUT2D eigenvalue weighted by Gasteiger charge is 2.12. The molecule has 1 heterocycles. The number of rotatable bonds is 4. The van der Waals surface area contributed by atoms with E-state index in [2.05, 4.69) is 17.4 Å². The van der Waals surface area contributed by atoms with Crippen LogP contribution >= 0.6 is 11.8 Å². The number of hydrogen-bond donors (Lipinski definition) is 1. The molecule has 0 amide bonds. The maximum atomic E-state index is 5.14. The Balaban J connectivity index is 1.79. The Bertz CT molecular complexity index is 306. The third-order valence-corrected chi connectivity index (χ3v) is 4.19. The highest BCUT2D eigenvalue weighted by atomic mass is 32.2. The molecule has 0 aliphatic carbocycles. The Morgan fingerprint density at radius 1 is 1.38 bits per heavy atom. The van der Waals surface area contributed by atoms with Gasteiger partial charge in [0.1, 0.15) is 5.75 Å². The van der Waals surface area contributed by atoms with E-state index < -0.39 is 0 Å². The summed E-state index contributed by atoms with van der Waals surface area (Å²) in [6, 6.07) is 8.34. The number of thioether (sulfide) groups is 1. The molecule has 1 N–H and O–H groups in total. The van der Waals surface area contributed by atoms with Gasteiger partial charge in [-0.05, 0) is 56.1 Å². The fourth-order valence-electron chi connectivity index (χ4n) is 1.95. The molecule has 2 rings (SSSR count). The first kappa shape index (κ1) is 11.8. The topological polar surface area (TPSA) is 21.3 Å². The molecule has 1 aliphatic heterocycles. The van der Waals surface area contributed by atoms with Crippen molar-refractivity contribution in [3.8, 4) is 5.75 Å². The zero-order chi connectivity index (χ0) is 11.2. The predicted molar refractivity (Wildman–Crippen MR) is 69.3 cm³/mol. The van der Waals surface area contributed by atoms with Gasteiger partial charge in [0.05, 0.1) is 7.11 Å². The van der Waals surface area contributed by atoms with Crippen LogP contribution in [0.2, 0.25) is 0 Å². The van der Waals surface area contributed by atoms with Gasteiger partial charge in [0.15, 0.2) is 0 Å². The van der Waals surface area contributed by atoms with Crippen LogP contribution in [0.5, 0.6) is 5.75 Å². The van der Waals surface area contributed by atoms with Crippen molar-refractivity contribution in [2.24, 2.45) is 5.92 Å². The van der Waals surface area contributed by atoms with Gasteiger partial charge in [-0.2, -0.15) is 0 Å². The number of hydrogen-bond acceptors (Lipinski definition) is 3. The third-order valence-electron chi connectivity index (χ3n) is 2.94. The summed E-state index contributed by atoms with van der Waals surface area (Å²) < 4.78 is 5.14. The summed E-state index contributed by atoms with van der Waals surface area (Å²) >= 11 is 1.95. The van der Waals surface area contributed by atoms with Crippen LogP contribution in [0.15, 0.2) is 29.2 Å². The molecule has 0 aromatic heterocycles. The molecule has 88 valence electrons. The Kier molecular flexibility index (Phi) is 4.55. The van der Waals surface area contributed by atoms with Crippen LogP contribution in [0.3, 0.4) is 0 Å². The van der Waals surface area contributed by atoms with Crippen molar-refractivity contribution in [3.05, 3.63) is 24.3 Å². The van der Waals surface area contributed by atoms with Gasteiger partial charge in [-0.15, -0.1) is 11.8 Å². The molecule has 1 aromatic rings. The summed E-state index contributed by atoms with van der Waals surface area (Å²) in [5.41, 5.74) is 0. The van der Waals surface area contributed by atoms with Crippen LogP contribution in [-0.4, -0.2) is 26.0 Å². The summed E-state index contributed by atoms with van der Waals surface area (Å²) in [4.78, 5) is 1.34. The van der Waals surface area contributed by atoms with E-state index in [0.717, 1.165) is 11.7 Å². The fourth-order valence-corrected chi connectivity index (χ4v) is 2.99. The van der Waals surface area contributed by atoms with Crippen molar-refractivity contribution in [3.63, 3.8) is 0 Å². The first-order chi connectivity index (χ1) is 7.88. The molecule has 1 aromatic carbocycles. The molecule has 1 aliphatic rings. The molecule has 0 saturated carbocycles. The van der Waals surface area contributed by atoms with Crippen molar-refractivity contribution in [2.45, 2.75) is 17.7 Å². The number of nitrogens with one attached hydrogen (secondary N) is 1. The third kappa shape index (κ3) is 3.42. The molecule has 1 unspecified atom stereocenters. The molecule has 0 bridgehead atoms. The Morgan fingerprint density at radius 2 is 2.19 bits per heavy atom. The predicted octanol–water partition coefficient (Wildman–Crippen LogP) is 2.79. The van der Waals surface area contributed by atoms with Crippen LogP contribution in [0.25, 0.3) is 0 Å². The summed E-state index contributed by atoms with van der Waals surface area (Å²) in [6.07, 6.45) is 2.70. The average Bonchev–Trinajstić information content (AvgIpc) is 2.38. The molecule has 1 saturated heterocycles. The molecule has 0 radical (unpaired) electrons. The van der Waals surface area contributed by atoms with E-state index in [0.29, 0.717) is 0 Å². The number of methoxy groups -OCH3 is 1. The normalized spacial score (nSPS) is 20.7. The van der Waals surface area contributed by atoms with Gasteiger partial charge < -0.3 is 10.1 Å². The van der Waals surface area contributed by atoms with Crippen LogP contribution in [0.4, 0.5) is 0 Å². The largest absolute Gasteiger partial charge is 0.497 e. The number of piperidine rings is 1. The molecule has 16 heavy (non-hydrogen) atoms. The minimum Gasteiger partial charge on any atom is -0.497 e. The molecular formula is C13H19NOS. The van der Waals surface area contributed by atoms with Crippen molar-refractivity contribution >= 4 is 11.8 Å². The van der Waals surface area contributed by atoms with Gasteiger partial charge >= 0.3 is 0 Å². The van der Waals surface area contributed by atoms with Crippen LogP contribution < -0.4 is 10.1 Å². The van der Waals surface area contributed by atoms with Gasteiger partial charge in [0.2, 0.25) is 0 Å².